The van der Waals surface area contributed by atoms with E-state index in [0.29, 0.717) is 17.9 Å². The first-order chi connectivity index (χ1) is 9.41. The number of benzene rings is 1. The van der Waals surface area contributed by atoms with Crippen molar-refractivity contribution in [1.82, 2.24) is 0 Å². The van der Waals surface area contributed by atoms with Gasteiger partial charge < -0.3 is 4.74 Å². The maximum absolute atomic E-state index is 12.0. The minimum absolute atomic E-state index is 0.177. The maximum atomic E-state index is 12.0. The third-order valence-electron chi connectivity index (χ3n) is 3.24. The fraction of sp³-hybridized carbons (Fsp3) is 0.400. The van der Waals surface area contributed by atoms with E-state index in [2.05, 4.69) is 5.92 Å². The number of sulfone groups is 1. The normalized spacial score (nSPS) is 16.2. The Kier molecular flexibility index (Phi) is 4.15. The van der Waals surface area contributed by atoms with Crippen molar-refractivity contribution in [3.05, 3.63) is 29.8 Å². The van der Waals surface area contributed by atoms with Crippen LogP contribution >= 0.6 is 0 Å². The average molecular weight is 292 g/mol. The van der Waals surface area contributed by atoms with Crippen LogP contribution in [0.3, 0.4) is 0 Å². The molecule has 1 aromatic rings. The summed E-state index contributed by atoms with van der Waals surface area (Å²) in [7, 11) is -3.26. The SMILES string of the molecule is C#CCC(OC(=O)c1ccc(S(C)(=O)=O)cc1)C1CC1. The van der Waals surface area contributed by atoms with Gasteiger partial charge in [0.15, 0.2) is 9.84 Å². The largest absolute Gasteiger partial charge is 0.457 e. The molecule has 1 saturated carbocycles. The molecule has 1 aromatic carbocycles. The number of hydrogen-bond donors (Lipinski definition) is 0. The quantitative estimate of drug-likeness (QED) is 0.615. The lowest BCUT2D eigenvalue weighted by atomic mass is 10.1. The summed E-state index contributed by atoms with van der Waals surface area (Å²) < 4.78 is 28.1. The van der Waals surface area contributed by atoms with Gasteiger partial charge in [0, 0.05) is 12.7 Å². The predicted octanol–water partition coefficient (Wildman–Crippen LogP) is 2.05. The maximum Gasteiger partial charge on any atom is 0.338 e. The van der Waals surface area contributed by atoms with Crippen molar-refractivity contribution in [1.29, 1.82) is 0 Å². The molecular weight excluding hydrogens is 276 g/mol. The number of terminal acetylenes is 1. The third kappa shape index (κ3) is 3.61. The molecule has 0 amide bonds. The van der Waals surface area contributed by atoms with Gasteiger partial charge in [-0.25, -0.2) is 13.2 Å². The molecule has 0 aliphatic heterocycles. The molecular formula is C15H16O4S. The highest BCUT2D eigenvalue weighted by molar-refractivity contribution is 7.90. The first-order valence-corrected chi connectivity index (χ1v) is 8.25. The molecule has 0 N–H and O–H groups in total. The van der Waals surface area contributed by atoms with Gasteiger partial charge in [-0.3, -0.25) is 0 Å². The number of hydrogen-bond acceptors (Lipinski definition) is 4. The van der Waals surface area contributed by atoms with E-state index < -0.39 is 15.8 Å². The average Bonchev–Trinajstić information content (AvgIpc) is 3.21. The molecule has 1 unspecified atom stereocenters. The van der Waals surface area contributed by atoms with Crippen LogP contribution in [0.2, 0.25) is 0 Å². The van der Waals surface area contributed by atoms with Crippen LogP contribution in [-0.2, 0) is 14.6 Å². The van der Waals surface area contributed by atoms with Crippen LogP contribution < -0.4 is 0 Å². The summed E-state index contributed by atoms with van der Waals surface area (Å²) in [6.07, 6.45) is 8.64. The summed E-state index contributed by atoms with van der Waals surface area (Å²) >= 11 is 0. The zero-order chi connectivity index (χ0) is 14.8. The van der Waals surface area contributed by atoms with Gasteiger partial charge in [-0.1, -0.05) is 0 Å². The Labute approximate surface area is 119 Å². The zero-order valence-corrected chi connectivity index (χ0v) is 12.0. The molecule has 0 saturated heterocycles. The Balaban J connectivity index is 2.07. The molecule has 106 valence electrons. The van der Waals surface area contributed by atoms with E-state index in [1.54, 1.807) is 0 Å². The van der Waals surface area contributed by atoms with E-state index in [1.807, 2.05) is 0 Å². The molecule has 5 heteroatoms. The lowest BCUT2D eigenvalue weighted by Gasteiger charge is -2.14. The lowest BCUT2D eigenvalue weighted by Crippen LogP contribution is -2.20. The van der Waals surface area contributed by atoms with E-state index >= 15 is 0 Å². The minimum atomic E-state index is -3.26. The Morgan fingerprint density at radius 3 is 2.45 bits per heavy atom. The molecule has 0 bridgehead atoms. The first kappa shape index (κ1) is 14.6. The number of carbonyl (C=O) groups excluding carboxylic acids is 1. The van der Waals surface area contributed by atoms with Gasteiger partial charge in [0.05, 0.1) is 10.5 Å². The van der Waals surface area contributed by atoms with Crippen LogP contribution in [0.4, 0.5) is 0 Å². The molecule has 0 heterocycles. The fourth-order valence-corrected chi connectivity index (χ4v) is 2.56. The van der Waals surface area contributed by atoms with E-state index in [-0.39, 0.29) is 11.0 Å². The highest BCUT2D eigenvalue weighted by Gasteiger charge is 2.33. The smallest absolute Gasteiger partial charge is 0.338 e. The molecule has 0 spiro atoms. The summed E-state index contributed by atoms with van der Waals surface area (Å²) in [5, 5.41) is 0. The van der Waals surface area contributed by atoms with Gasteiger partial charge in [-0.05, 0) is 43.0 Å². The molecule has 4 nitrogen and oxygen atoms in total. The van der Waals surface area contributed by atoms with Crippen molar-refractivity contribution in [3.63, 3.8) is 0 Å². The molecule has 20 heavy (non-hydrogen) atoms. The molecule has 2 rings (SSSR count). The molecule has 0 radical (unpaired) electrons. The van der Waals surface area contributed by atoms with Crippen LogP contribution in [0.15, 0.2) is 29.2 Å². The summed E-state index contributed by atoms with van der Waals surface area (Å²) in [4.78, 5) is 12.2. The second-order valence-electron chi connectivity index (χ2n) is 4.99. The van der Waals surface area contributed by atoms with Crippen molar-refractivity contribution < 1.29 is 17.9 Å². The van der Waals surface area contributed by atoms with Gasteiger partial charge in [0.2, 0.25) is 0 Å². The standard InChI is InChI=1S/C15H16O4S/c1-3-4-14(11-5-6-11)19-15(16)12-7-9-13(10-8-12)20(2,17)18/h1,7-11,14H,4-6H2,2H3. The van der Waals surface area contributed by atoms with Gasteiger partial charge in [0.1, 0.15) is 6.10 Å². The second-order valence-corrected chi connectivity index (χ2v) is 7.00. The van der Waals surface area contributed by atoms with E-state index in [1.165, 1.54) is 24.3 Å². The fourth-order valence-electron chi connectivity index (χ4n) is 1.93. The van der Waals surface area contributed by atoms with E-state index in [4.69, 9.17) is 11.2 Å². The molecule has 1 aliphatic carbocycles. The zero-order valence-electron chi connectivity index (χ0n) is 11.2. The van der Waals surface area contributed by atoms with Crippen LogP contribution in [0.5, 0.6) is 0 Å². The van der Waals surface area contributed by atoms with Gasteiger partial charge >= 0.3 is 5.97 Å². The molecule has 1 fully saturated rings. The van der Waals surface area contributed by atoms with E-state index in [0.717, 1.165) is 19.1 Å². The topological polar surface area (TPSA) is 60.4 Å². The monoisotopic (exact) mass is 292 g/mol. The van der Waals surface area contributed by atoms with Gasteiger partial charge in [0.25, 0.3) is 0 Å². The van der Waals surface area contributed by atoms with E-state index in [9.17, 15) is 13.2 Å². The Bertz CT molecular complexity index is 633. The van der Waals surface area contributed by atoms with Crippen molar-refractivity contribution in [2.24, 2.45) is 5.92 Å². The summed E-state index contributed by atoms with van der Waals surface area (Å²) in [6.45, 7) is 0. The second kappa shape index (κ2) is 5.68. The minimum Gasteiger partial charge on any atom is -0.457 e. The van der Waals surface area contributed by atoms with Crippen LogP contribution in [0, 0.1) is 18.3 Å². The number of ether oxygens (including phenoxy) is 1. The van der Waals surface area contributed by atoms with Crippen LogP contribution in [-0.4, -0.2) is 26.7 Å². The summed E-state index contributed by atoms with van der Waals surface area (Å²) in [6, 6.07) is 5.72. The predicted molar refractivity (Wildman–Crippen MR) is 74.9 cm³/mol. The van der Waals surface area contributed by atoms with Crippen molar-refractivity contribution in [2.75, 3.05) is 6.26 Å². The van der Waals surface area contributed by atoms with Crippen LogP contribution in [0.25, 0.3) is 0 Å². The number of carbonyl (C=O) groups is 1. The van der Waals surface area contributed by atoms with Gasteiger partial charge in [-0.2, -0.15) is 0 Å². The Morgan fingerprint density at radius 2 is 2.00 bits per heavy atom. The number of esters is 1. The summed E-state index contributed by atoms with van der Waals surface area (Å²) in [5.41, 5.74) is 0.333. The highest BCUT2D eigenvalue weighted by atomic mass is 32.2. The van der Waals surface area contributed by atoms with Crippen molar-refractivity contribution in [3.8, 4) is 12.3 Å². The summed E-state index contributed by atoms with van der Waals surface area (Å²) in [5.74, 6) is 2.42. The third-order valence-corrected chi connectivity index (χ3v) is 4.37. The molecule has 1 aliphatic rings. The molecule has 1 atom stereocenters. The van der Waals surface area contributed by atoms with Crippen molar-refractivity contribution in [2.45, 2.75) is 30.3 Å². The lowest BCUT2D eigenvalue weighted by molar-refractivity contribution is 0.0261. The first-order valence-electron chi connectivity index (χ1n) is 6.36. The highest BCUT2D eigenvalue weighted by Crippen LogP contribution is 2.36. The van der Waals surface area contributed by atoms with Gasteiger partial charge in [-0.15, -0.1) is 12.3 Å². The van der Waals surface area contributed by atoms with Crippen LogP contribution in [0.1, 0.15) is 29.6 Å². The Morgan fingerprint density at radius 1 is 1.40 bits per heavy atom. The Hall–Kier alpha value is -1.80. The molecule has 0 aromatic heterocycles. The van der Waals surface area contributed by atoms with Crippen molar-refractivity contribution >= 4 is 15.8 Å². The number of rotatable bonds is 5.